The number of carbonyl (C=O) groups is 1. The number of aromatic nitrogens is 1. The van der Waals surface area contributed by atoms with E-state index in [4.69, 9.17) is 0 Å². The van der Waals surface area contributed by atoms with Crippen molar-refractivity contribution in [1.29, 1.82) is 0 Å². The van der Waals surface area contributed by atoms with Crippen LogP contribution in [0.1, 0.15) is 27.0 Å². The summed E-state index contributed by atoms with van der Waals surface area (Å²) in [4.78, 5) is 20.7. The fourth-order valence-electron chi connectivity index (χ4n) is 3.59. The molecule has 0 fully saturated rings. The lowest BCUT2D eigenvalue weighted by Gasteiger charge is -2.14. The van der Waals surface area contributed by atoms with Gasteiger partial charge in [0.05, 0.1) is 0 Å². The number of hydrogen-bond acceptors (Lipinski definition) is 2. The largest absolute Gasteiger partial charge is 0.361 e. The number of fused-ring (bicyclic) bond motifs is 1. The topological polar surface area (TPSA) is 69.3 Å². The molecule has 0 spiro atoms. The van der Waals surface area contributed by atoms with Crippen LogP contribution in [-0.4, -0.2) is 23.4 Å². The van der Waals surface area contributed by atoms with Crippen molar-refractivity contribution in [2.75, 3.05) is 11.9 Å². The van der Waals surface area contributed by atoms with Crippen molar-refractivity contribution in [3.63, 3.8) is 0 Å². The lowest BCUT2D eigenvalue weighted by atomic mass is 10.1. The SMILES string of the molecule is Cc1ccc(NC(=NCCc2c[nH]c3ccccc23)NC(=O)c2ccccc2)c(C)c1. The summed E-state index contributed by atoms with van der Waals surface area (Å²) in [6.45, 7) is 4.65. The normalized spacial score (nSPS) is 11.5. The first-order valence-electron chi connectivity index (χ1n) is 10.4. The minimum absolute atomic E-state index is 0.191. The standard InChI is InChI=1S/C26H26N4O/c1-18-12-13-23(19(2)16-18)29-26(30-25(31)20-8-4-3-5-9-20)27-15-14-21-17-28-24-11-7-6-10-22(21)24/h3-13,16-17,28H,14-15H2,1-2H3,(H2,27,29,30,31). The highest BCUT2D eigenvalue weighted by atomic mass is 16.1. The summed E-state index contributed by atoms with van der Waals surface area (Å²) in [6, 6.07) is 23.5. The number of nitrogens with zero attached hydrogens (tertiary/aromatic N) is 1. The van der Waals surface area contributed by atoms with Crippen LogP contribution >= 0.6 is 0 Å². The summed E-state index contributed by atoms with van der Waals surface area (Å²) in [5.41, 5.74) is 6.12. The van der Waals surface area contributed by atoms with Crippen molar-refractivity contribution in [2.24, 2.45) is 4.99 Å². The zero-order valence-corrected chi connectivity index (χ0v) is 17.8. The molecule has 4 rings (SSSR count). The Kier molecular flexibility index (Phi) is 6.13. The Labute approximate surface area is 182 Å². The van der Waals surface area contributed by atoms with Crippen molar-refractivity contribution < 1.29 is 4.79 Å². The number of aryl methyl sites for hydroxylation is 2. The molecule has 0 aliphatic carbocycles. The molecule has 31 heavy (non-hydrogen) atoms. The molecule has 1 aromatic heterocycles. The molecule has 156 valence electrons. The van der Waals surface area contributed by atoms with Crippen LogP contribution in [0.15, 0.2) is 84.0 Å². The van der Waals surface area contributed by atoms with E-state index in [1.807, 2.05) is 55.6 Å². The molecule has 1 heterocycles. The van der Waals surface area contributed by atoms with Gasteiger partial charge in [-0.1, -0.05) is 54.1 Å². The van der Waals surface area contributed by atoms with Crippen molar-refractivity contribution in [3.05, 3.63) is 101 Å². The van der Waals surface area contributed by atoms with Crippen LogP contribution in [0.4, 0.5) is 5.69 Å². The van der Waals surface area contributed by atoms with E-state index in [9.17, 15) is 4.79 Å². The quantitative estimate of drug-likeness (QED) is 0.312. The number of amides is 1. The summed E-state index contributed by atoms with van der Waals surface area (Å²) >= 11 is 0. The second-order valence-electron chi connectivity index (χ2n) is 7.60. The van der Waals surface area contributed by atoms with E-state index in [2.05, 4.69) is 45.7 Å². The number of anilines is 1. The molecule has 5 nitrogen and oxygen atoms in total. The number of guanidine groups is 1. The molecule has 1 amide bonds. The molecule has 0 aliphatic heterocycles. The Balaban J connectivity index is 1.53. The molecule has 3 aromatic carbocycles. The second-order valence-corrected chi connectivity index (χ2v) is 7.60. The van der Waals surface area contributed by atoms with Crippen LogP contribution < -0.4 is 10.6 Å². The smallest absolute Gasteiger partial charge is 0.257 e. The number of H-pyrrole nitrogens is 1. The molecule has 0 bridgehead atoms. The lowest BCUT2D eigenvalue weighted by molar-refractivity contribution is 0.0977. The Bertz CT molecular complexity index is 1220. The number of carbonyl (C=O) groups excluding carboxylic acids is 1. The van der Waals surface area contributed by atoms with E-state index in [-0.39, 0.29) is 5.91 Å². The van der Waals surface area contributed by atoms with Gasteiger partial charge in [0.1, 0.15) is 0 Å². The van der Waals surface area contributed by atoms with Crippen LogP contribution in [0.2, 0.25) is 0 Å². The van der Waals surface area contributed by atoms with Gasteiger partial charge >= 0.3 is 0 Å². The molecular formula is C26H26N4O. The summed E-state index contributed by atoms with van der Waals surface area (Å²) in [7, 11) is 0. The van der Waals surface area contributed by atoms with Crippen molar-refractivity contribution in [1.82, 2.24) is 10.3 Å². The van der Waals surface area contributed by atoms with Gasteiger partial charge in [-0.2, -0.15) is 0 Å². The summed E-state index contributed by atoms with van der Waals surface area (Å²) in [5, 5.41) is 7.44. The summed E-state index contributed by atoms with van der Waals surface area (Å²) < 4.78 is 0. The Morgan fingerprint density at radius 2 is 1.74 bits per heavy atom. The van der Waals surface area contributed by atoms with Crippen LogP contribution in [0.25, 0.3) is 10.9 Å². The fraction of sp³-hybridized carbons (Fsp3) is 0.154. The molecular weight excluding hydrogens is 384 g/mol. The predicted molar refractivity (Wildman–Crippen MR) is 128 cm³/mol. The van der Waals surface area contributed by atoms with Crippen molar-refractivity contribution in [2.45, 2.75) is 20.3 Å². The lowest BCUT2D eigenvalue weighted by Crippen LogP contribution is -2.36. The van der Waals surface area contributed by atoms with E-state index in [0.717, 1.165) is 23.2 Å². The van der Waals surface area contributed by atoms with Gasteiger partial charge in [-0.3, -0.25) is 15.1 Å². The van der Waals surface area contributed by atoms with Gasteiger partial charge < -0.3 is 10.3 Å². The first-order chi connectivity index (χ1) is 15.1. The van der Waals surface area contributed by atoms with Crippen LogP contribution in [0.5, 0.6) is 0 Å². The molecule has 0 radical (unpaired) electrons. The molecule has 3 N–H and O–H groups in total. The third-order valence-electron chi connectivity index (χ3n) is 5.23. The summed E-state index contributed by atoms with van der Waals surface area (Å²) in [6.07, 6.45) is 2.79. The van der Waals surface area contributed by atoms with Crippen LogP contribution in [-0.2, 0) is 6.42 Å². The van der Waals surface area contributed by atoms with Gasteiger partial charge in [0.25, 0.3) is 5.91 Å². The molecule has 0 saturated carbocycles. The van der Waals surface area contributed by atoms with Gasteiger partial charge in [-0.15, -0.1) is 0 Å². The highest BCUT2D eigenvalue weighted by molar-refractivity contribution is 6.10. The Morgan fingerprint density at radius 3 is 2.55 bits per heavy atom. The zero-order valence-electron chi connectivity index (χ0n) is 17.8. The van der Waals surface area contributed by atoms with Crippen molar-refractivity contribution in [3.8, 4) is 0 Å². The van der Waals surface area contributed by atoms with E-state index >= 15 is 0 Å². The van der Waals surface area contributed by atoms with Gasteiger partial charge in [-0.25, -0.2) is 0 Å². The number of rotatable bonds is 5. The molecule has 0 saturated heterocycles. The highest BCUT2D eigenvalue weighted by Crippen LogP contribution is 2.18. The Hall–Kier alpha value is -3.86. The Morgan fingerprint density at radius 1 is 0.968 bits per heavy atom. The van der Waals surface area contributed by atoms with E-state index in [1.165, 1.54) is 16.5 Å². The van der Waals surface area contributed by atoms with Gasteiger partial charge in [0.15, 0.2) is 0 Å². The maximum absolute atomic E-state index is 12.7. The van der Waals surface area contributed by atoms with Crippen LogP contribution in [0.3, 0.4) is 0 Å². The third kappa shape index (κ3) is 5.01. The van der Waals surface area contributed by atoms with Gasteiger partial charge in [-0.05, 0) is 55.7 Å². The summed E-state index contributed by atoms with van der Waals surface area (Å²) in [5.74, 6) is 0.254. The van der Waals surface area contributed by atoms with E-state index in [0.29, 0.717) is 18.1 Å². The highest BCUT2D eigenvalue weighted by Gasteiger charge is 2.10. The number of aromatic amines is 1. The maximum atomic E-state index is 12.7. The van der Waals surface area contributed by atoms with Gasteiger partial charge in [0, 0.05) is 34.9 Å². The number of nitrogens with one attached hydrogen (secondary N) is 3. The first-order valence-corrected chi connectivity index (χ1v) is 10.4. The van der Waals surface area contributed by atoms with E-state index in [1.54, 1.807) is 12.1 Å². The fourth-order valence-corrected chi connectivity index (χ4v) is 3.59. The number of aliphatic imine (C=N–C) groups is 1. The molecule has 4 aromatic rings. The molecule has 0 atom stereocenters. The monoisotopic (exact) mass is 410 g/mol. The minimum atomic E-state index is -0.191. The zero-order chi connectivity index (χ0) is 21.6. The third-order valence-corrected chi connectivity index (χ3v) is 5.23. The van der Waals surface area contributed by atoms with Crippen molar-refractivity contribution >= 4 is 28.5 Å². The average molecular weight is 411 g/mol. The molecule has 5 heteroatoms. The first kappa shape index (κ1) is 20.4. The number of para-hydroxylation sites is 1. The number of benzene rings is 3. The molecule has 0 aliphatic rings. The van der Waals surface area contributed by atoms with Crippen LogP contribution in [0, 0.1) is 13.8 Å². The maximum Gasteiger partial charge on any atom is 0.257 e. The number of hydrogen-bond donors (Lipinski definition) is 3. The average Bonchev–Trinajstić information content (AvgIpc) is 3.19. The van der Waals surface area contributed by atoms with E-state index < -0.39 is 0 Å². The minimum Gasteiger partial charge on any atom is -0.361 e. The van der Waals surface area contributed by atoms with Gasteiger partial charge in [0.2, 0.25) is 5.96 Å². The predicted octanol–water partition coefficient (Wildman–Crippen LogP) is 5.23. The second kappa shape index (κ2) is 9.30. The molecule has 0 unspecified atom stereocenters.